The van der Waals surface area contributed by atoms with Gasteiger partial charge in [-0.15, -0.1) is 13.2 Å². The van der Waals surface area contributed by atoms with Crippen LogP contribution in [-0.2, 0) is 26.1 Å². The van der Waals surface area contributed by atoms with Crippen LogP contribution in [0.25, 0.3) is 22.3 Å². The smallest absolute Gasteiger partial charge is 0.399 e. The first-order valence-corrected chi connectivity index (χ1v) is 13.8. The number of halogens is 6. The van der Waals surface area contributed by atoms with Crippen LogP contribution in [0.5, 0.6) is 5.75 Å². The molecule has 3 aromatic carbocycles. The van der Waals surface area contributed by atoms with Crippen LogP contribution in [0.1, 0.15) is 37.2 Å². The fourth-order valence-corrected chi connectivity index (χ4v) is 6.13. The Morgan fingerprint density at radius 2 is 1.24 bits per heavy atom. The van der Waals surface area contributed by atoms with Crippen LogP contribution in [-0.4, -0.2) is 6.36 Å². The predicted molar refractivity (Wildman–Crippen MR) is 109 cm³/mol. The minimum absolute atomic E-state index is 0.131. The zero-order valence-corrected chi connectivity index (χ0v) is 23.1. The minimum Gasteiger partial charge on any atom is -0.399 e. The van der Waals surface area contributed by atoms with Crippen molar-refractivity contribution in [2.45, 2.75) is 41.4 Å². The Morgan fingerprint density at radius 3 is 1.79 bits per heavy atom. The topological polar surface area (TPSA) is 9.23 Å². The Morgan fingerprint density at radius 1 is 0.697 bits per heavy atom. The molecule has 0 heterocycles. The molecule has 0 aliphatic heterocycles. The summed E-state index contributed by atoms with van der Waals surface area (Å²) in [7, 11) is 0. The Balaban J connectivity index is 1.56. The standard InChI is InChI=1S/C25H19F6O.Hg/c26-21-12-18(17-8-6-16(7-9-17)15-4-2-1-3-5-15)10-11-20(21)19-13-22(27)24(23(28)14-19)32-25(29,30)31;/h1,6-15H,2-5H2;. The molecule has 0 unspecified atom stereocenters. The van der Waals surface area contributed by atoms with Crippen molar-refractivity contribution in [2.24, 2.45) is 0 Å². The Labute approximate surface area is 203 Å². The van der Waals surface area contributed by atoms with Crippen molar-refractivity contribution in [1.82, 2.24) is 0 Å². The molecule has 1 nitrogen and oxygen atoms in total. The van der Waals surface area contributed by atoms with E-state index < -0.39 is 29.6 Å². The summed E-state index contributed by atoms with van der Waals surface area (Å²) in [5.41, 5.74) is 2.31. The number of rotatable bonds is 4. The van der Waals surface area contributed by atoms with Crippen molar-refractivity contribution in [1.29, 1.82) is 0 Å². The summed E-state index contributed by atoms with van der Waals surface area (Å²) in [5, 5.41) is 0. The van der Waals surface area contributed by atoms with Gasteiger partial charge in [-0.1, -0.05) is 0 Å². The first-order chi connectivity index (χ1) is 15.6. The van der Waals surface area contributed by atoms with E-state index in [1.165, 1.54) is 43.4 Å². The summed E-state index contributed by atoms with van der Waals surface area (Å²) in [4.78, 5) is 0. The van der Waals surface area contributed by atoms with Crippen LogP contribution in [0.4, 0.5) is 26.3 Å². The van der Waals surface area contributed by atoms with Crippen molar-refractivity contribution in [2.75, 3.05) is 0 Å². The van der Waals surface area contributed by atoms with Gasteiger partial charge in [0, 0.05) is 0 Å². The molecule has 0 N–H and O–H groups in total. The Hall–Kier alpha value is -2.02. The zero-order valence-electron chi connectivity index (χ0n) is 17.6. The first kappa shape index (κ1) is 24.1. The Bertz CT molecular complexity index is 1110. The summed E-state index contributed by atoms with van der Waals surface area (Å²) in [5.74, 6) is -4.89. The van der Waals surface area contributed by atoms with E-state index in [9.17, 15) is 26.3 Å². The molecule has 33 heavy (non-hydrogen) atoms. The second-order valence-electron chi connectivity index (χ2n) is 8.35. The molecular weight excluding hydrogens is 631 g/mol. The normalized spacial score (nSPS) is 18.9. The van der Waals surface area contributed by atoms with E-state index in [4.69, 9.17) is 0 Å². The average molecular weight is 650 g/mol. The van der Waals surface area contributed by atoms with Gasteiger partial charge in [-0.3, -0.25) is 0 Å². The molecule has 1 aliphatic rings. The van der Waals surface area contributed by atoms with Crippen molar-refractivity contribution < 1.29 is 57.2 Å². The third kappa shape index (κ3) is 5.73. The van der Waals surface area contributed by atoms with Crippen molar-refractivity contribution in [3.63, 3.8) is 0 Å². The van der Waals surface area contributed by atoms with Gasteiger partial charge in [-0.05, 0) is 17.7 Å². The number of ether oxygens (including phenoxy) is 1. The molecular formula is C25H19F6HgO. The van der Waals surface area contributed by atoms with E-state index in [0.29, 0.717) is 23.6 Å². The SMILES string of the molecule is Fc1cc(-c2ccc(C3CC[CH]([Hg])CC3)cc2)ccc1-c1cc(F)c(OC(F)(F)F)c(F)c1. The predicted octanol–water partition coefficient (Wildman–Crippen LogP) is 8.33. The molecule has 0 spiro atoms. The van der Waals surface area contributed by atoms with Gasteiger partial charge in [-0.2, -0.15) is 0 Å². The maximum absolute atomic E-state index is 14.8. The van der Waals surface area contributed by atoms with Crippen LogP contribution < -0.4 is 4.74 Å². The monoisotopic (exact) mass is 651 g/mol. The Kier molecular flexibility index (Phi) is 7.08. The number of benzene rings is 3. The fourth-order valence-electron chi connectivity index (χ4n) is 4.30. The third-order valence-corrected chi connectivity index (χ3v) is 9.23. The van der Waals surface area contributed by atoms with Crippen molar-refractivity contribution in [3.05, 3.63) is 77.6 Å². The molecule has 0 amide bonds. The van der Waals surface area contributed by atoms with Gasteiger partial charge in [0.25, 0.3) is 0 Å². The van der Waals surface area contributed by atoms with Gasteiger partial charge in [-0.25, -0.2) is 8.78 Å². The second kappa shape index (κ2) is 9.68. The van der Waals surface area contributed by atoms with Crippen LogP contribution in [0.3, 0.4) is 0 Å². The van der Waals surface area contributed by atoms with E-state index in [-0.39, 0.29) is 11.1 Å². The van der Waals surface area contributed by atoms with E-state index in [1.54, 1.807) is 6.07 Å². The van der Waals surface area contributed by atoms with E-state index in [2.05, 4.69) is 16.9 Å². The maximum atomic E-state index is 14.8. The van der Waals surface area contributed by atoms with E-state index >= 15 is 0 Å². The van der Waals surface area contributed by atoms with Gasteiger partial charge in [0.05, 0.1) is 0 Å². The summed E-state index contributed by atoms with van der Waals surface area (Å²) in [6, 6.07) is 13.4. The number of hydrogen-bond acceptors (Lipinski definition) is 1. The summed E-state index contributed by atoms with van der Waals surface area (Å²) in [6.45, 7) is 0. The van der Waals surface area contributed by atoms with E-state index in [0.717, 1.165) is 35.1 Å². The minimum atomic E-state index is -5.25. The fraction of sp³-hybridized carbons (Fsp3) is 0.280. The second-order valence-corrected chi connectivity index (χ2v) is 12.8. The molecule has 0 bridgehead atoms. The van der Waals surface area contributed by atoms with Crippen LogP contribution in [0.15, 0.2) is 54.6 Å². The van der Waals surface area contributed by atoms with Gasteiger partial charge in [0.2, 0.25) is 5.75 Å². The molecule has 0 atom stereocenters. The first-order valence-electron chi connectivity index (χ1n) is 10.6. The summed E-state index contributed by atoms with van der Waals surface area (Å²) in [6.07, 6.45) is -0.240. The number of alkyl halides is 3. The van der Waals surface area contributed by atoms with Crippen LogP contribution in [0, 0.1) is 17.5 Å². The number of hydrogen-bond donors (Lipinski definition) is 0. The third-order valence-electron chi connectivity index (χ3n) is 6.06. The van der Waals surface area contributed by atoms with Gasteiger partial charge >= 0.3 is 142 Å². The van der Waals surface area contributed by atoms with Gasteiger partial charge < -0.3 is 4.74 Å². The molecule has 1 fully saturated rings. The molecule has 169 valence electrons. The molecule has 0 aromatic heterocycles. The van der Waals surface area contributed by atoms with Crippen molar-refractivity contribution in [3.8, 4) is 28.0 Å². The molecule has 1 aliphatic carbocycles. The summed E-state index contributed by atoms with van der Waals surface area (Å²) >= 11 is 0.832. The van der Waals surface area contributed by atoms with Gasteiger partial charge in [0.15, 0.2) is 11.6 Å². The van der Waals surface area contributed by atoms with Gasteiger partial charge in [0.1, 0.15) is 0 Å². The van der Waals surface area contributed by atoms with Crippen molar-refractivity contribution >= 4 is 0 Å². The summed E-state index contributed by atoms with van der Waals surface area (Å²) < 4.78 is 84.2. The van der Waals surface area contributed by atoms with E-state index in [1.807, 2.05) is 12.1 Å². The van der Waals surface area contributed by atoms with Crippen LogP contribution >= 0.6 is 0 Å². The quantitative estimate of drug-likeness (QED) is 0.204. The molecule has 1 saturated carbocycles. The molecule has 8 heteroatoms. The molecule has 0 radical (unpaired) electrons. The molecule has 4 rings (SSSR count). The average Bonchev–Trinajstić information content (AvgIpc) is 2.76. The van der Waals surface area contributed by atoms with Crippen LogP contribution in [0.2, 0.25) is 3.43 Å². The zero-order chi connectivity index (χ0) is 23.8. The molecule has 0 saturated heterocycles. The molecule has 3 aromatic rings.